The van der Waals surface area contributed by atoms with Gasteiger partial charge in [0.25, 0.3) is 5.91 Å². The molecule has 1 aliphatic heterocycles. The van der Waals surface area contributed by atoms with Gasteiger partial charge < -0.3 is 14.2 Å². The SMILES string of the molecule is CN1CCN(C(=O)c2cccn3ccnc23)CC1. The van der Waals surface area contributed by atoms with Crippen LogP contribution in [0.3, 0.4) is 0 Å². The van der Waals surface area contributed by atoms with E-state index in [9.17, 15) is 4.79 Å². The van der Waals surface area contributed by atoms with E-state index < -0.39 is 0 Å². The Morgan fingerprint density at radius 1 is 1.22 bits per heavy atom. The van der Waals surface area contributed by atoms with Gasteiger partial charge in [-0.1, -0.05) is 0 Å². The Morgan fingerprint density at radius 2 is 2.00 bits per heavy atom. The van der Waals surface area contributed by atoms with Gasteiger partial charge in [-0.2, -0.15) is 0 Å². The van der Waals surface area contributed by atoms with Crippen LogP contribution in [0.15, 0.2) is 30.7 Å². The summed E-state index contributed by atoms with van der Waals surface area (Å²) in [7, 11) is 2.08. The second kappa shape index (κ2) is 4.42. The number of likely N-dealkylation sites (N-methyl/N-ethyl adjacent to an activating group) is 1. The monoisotopic (exact) mass is 244 g/mol. The van der Waals surface area contributed by atoms with E-state index in [-0.39, 0.29) is 5.91 Å². The van der Waals surface area contributed by atoms with E-state index in [4.69, 9.17) is 0 Å². The van der Waals surface area contributed by atoms with Crippen molar-refractivity contribution in [2.75, 3.05) is 33.2 Å². The summed E-state index contributed by atoms with van der Waals surface area (Å²) >= 11 is 0. The van der Waals surface area contributed by atoms with E-state index in [0.717, 1.165) is 31.8 Å². The summed E-state index contributed by atoms with van der Waals surface area (Å²) in [5.41, 5.74) is 1.42. The van der Waals surface area contributed by atoms with Gasteiger partial charge in [0.2, 0.25) is 0 Å². The van der Waals surface area contributed by atoms with E-state index in [0.29, 0.717) is 5.56 Å². The van der Waals surface area contributed by atoms with E-state index >= 15 is 0 Å². The third-order valence-corrected chi connectivity index (χ3v) is 3.44. The molecular formula is C13H16N4O. The first kappa shape index (κ1) is 11.2. The number of rotatable bonds is 1. The highest BCUT2D eigenvalue weighted by Gasteiger charge is 2.22. The number of carbonyl (C=O) groups excluding carboxylic acids is 1. The maximum absolute atomic E-state index is 12.5. The fourth-order valence-corrected chi connectivity index (χ4v) is 2.30. The number of nitrogens with zero attached hydrogens (tertiary/aromatic N) is 4. The summed E-state index contributed by atoms with van der Waals surface area (Å²) in [5, 5.41) is 0. The molecule has 0 bridgehead atoms. The van der Waals surface area contributed by atoms with Gasteiger partial charge in [-0.25, -0.2) is 4.98 Å². The Labute approximate surface area is 106 Å². The van der Waals surface area contributed by atoms with Crippen molar-refractivity contribution in [1.82, 2.24) is 19.2 Å². The quantitative estimate of drug-likeness (QED) is 0.742. The first-order chi connectivity index (χ1) is 8.75. The minimum absolute atomic E-state index is 0.0832. The third-order valence-electron chi connectivity index (χ3n) is 3.44. The molecule has 1 saturated heterocycles. The lowest BCUT2D eigenvalue weighted by molar-refractivity contribution is 0.0665. The predicted octanol–water partition coefficient (Wildman–Crippen LogP) is 0.722. The molecule has 18 heavy (non-hydrogen) atoms. The van der Waals surface area contributed by atoms with Crippen molar-refractivity contribution in [2.24, 2.45) is 0 Å². The fraction of sp³-hybridized carbons (Fsp3) is 0.385. The average Bonchev–Trinajstić information content (AvgIpc) is 2.87. The Hall–Kier alpha value is -1.88. The number of fused-ring (bicyclic) bond motifs is 1. The predicted molar refractivity (Wildman–Crippen MR) is 68.6 cm³/mol. The van der Waals surface area contributed by atoms with Gasteiger partial charge in [-0.15, -0.1) is 0 Å². The van der Waals surface area contributed by atoms with Gasteiger partial charge in [0.1, 0.15) is 5.65 Å². The molecule has 0 radical (unpaired) electrons. The molecule has 94 valence electrons. The maximum atomic E-state index is 12.5. The molecule has 5 heteroatoms. The smallest absolute Gasteiger partial charge is 0.257 e. The standard InChI is InChI=1S/C13H16N4O/c1-15-7-9-17(10-8-15)13(18)11-3-2-5-16-6-4-14-12(11)16/h2-6H,7-10H2,1H3. The van der Waals surface area contributed by atoms with E-state index in [1.54, 1.807) is 6.20 Å². The molecule has 0 aliphatic carbocycles. The number of hydrogen-bond donors (Lipinski definition) is 0. The van der Waals surface area contributed by atoms with Crippen LogP contribution in [0.5, 0.6) is 0 Å². The molecule has 1 fully saturated rings. The average molecular weight is 244 g/mol. The van der Waals surface area contributed by atoms with Crippen LogP contribution in [-0.4, -0.2) is 58.3 Å². The number of carbonyl (C=O) groups is 1. The zero-order valence-electron chi connectivity index (χ0n) is 10.4. The van der Waals surface area contributed by atoms with Crippen molar-refractivity contribution in [1.29, 1.82) is 0 Å². The van der Waals surface area contributed by atoms with Crippen molar-refractivity contribution in [3.05, 3.63) is 36.3 Å². The number of aromatic nitrogens is 2. The van der Waals surface area contributed by atoms with Crippen LogP contribution >= 0.6 is 0 Å². The van der Waals surface area contributed by atoms with Gasteiger partial charge in [-0.05, 0) is 19.2 Å². The highest BCUT2D eigenvalue weighted by molar-refractivity contribution is 5.99. The molecule has 3 rings (SSSR count). The molecule has 0 aromatic carbocycles. The molecule has 0 spiro atoms. The molecule has 0 N–H and O–H groups in total. The fourth-order valence-electron chi connectivity index (χ4n) is 2.30. The lowest BCUT2D eigenvalue weighted by atomic mass is 10.2. The molecule has 0 saturated carbocycles. The first-order valence-corrected chi connectivity index (χ1v) is 6.15. The lowest BCUT2D eigenvalue weighted by Crippen LogP contribution is -2.47. The van der Waals surface area contributed by atoms with Crippen LogP contribution in [-0.2, 0) is 0 Å². The summed E-state index contributed by atoms with van der Waals surface area (Å²) < 4.78 is 1.88. The summed E-state index contributed by atoms with van der Waals surface area (Å²) in [5.74, 6) is 0.0832. The molecule has 3 heterocycles. The van der Waals surface area contributed by atoms with Crippen molar-refractivity contribution < 1.29 is 4.79 Å². The van der Waals surface area contributed by atoms with Gasteiger partial charge in [-0.3, -0.25) is 4.79 Å². The molecule has 2 aromatic heterocycles. The molecule has 1 amide bonds. The van der Waals surface area contributed by atoms with Crippen molar-refractivity contribution in [2.45, 2.75) is 0 Å². The van der Waals surface area contributed by atoms with Gasteiger partial charge in [0, 0.05) is 44.8 Å². The van der Waals surface area contributed by atoms with Crippen LogP contribution in [0.1, 0.15) is 10.4 Å². The van der Waals surface area contributed by atoms with Crippen LogP contribution in [0.2, 0.25) is 0 Å². The first-order valence-electron chi connectivity index (χ1n) is 6.15. The molecule has 2 aromatic rings. The zero-order valence-corrected chi connectivity index (χ0v) is 10.4. The number of pyridine rings is 1. The topological polar surface area (TPSA) is 40.9 Å². The van der Waals surface area contributed by atoms with Gasteiger partial charge in [0.15, 0.2) is 0 Å². The number of imidazole rings is 1. The van der Waals surface area contributed by atoms with Gasteiger partial charge in [0.05, 0.1) is 5.56 Å². The molecule has 1 aliphatic rings. The highest BCUT2D eigenvalue weighted by atomic mass is 16.2. The minimum atomic E-state index is 0.0832. The maximum Gasteiger partial charge on any atom is 0.257 e. The molecule has 0 unspecified atom stereocenters. The van der Waals surface area contributed by atoms with E-state index in [1.807, 2.05) is 33.8 Å². The van der Waals surface area contributed by atoms with E-state index in [2.05, 4.69) is 16.9 Å². The number of hydrogen-bond acceptors (Lipinski definition) is 3. The van der Waals surface area contributed by atoms with Gasteiger partial charge >= 0.3 is 0 Å². The van der Waals surface area contributed by atoms with Crippen LogP contribution in [0.4, 0.5) is 0 Å². The zero-order chi connectivity index (χ0) is 12.5. The van der Waals surface area contributed by atoms with Crippen LogP contribution < -0.4 is 0 Å². The van der Waals surface area contributed by atoms with E-state index in [1.165, 1.54) is 0 Å². The summed E-state index contributed by atoms with van der Waals surface area (Å²) in [6.45, 7) is 3.45. The number of piperazine rings is 1. The third kappa shape index (κ3) is 1.86. The number of amides is 1. The largest absolute Gasteiger partial charge is 0.336 e. The van der Waals surface area contributed by atoms with Crippen LogP contribution in [0.25, 0.3) is 5.65 Å². The summed E-state index contributed by atoms with van der Waals surface area (Å²) in [6.07, 6.45) is 5.48. The van der Waals surface area contributed by atoms with Crippen molar-refractivity contribution in [3.63, 3.8) is 0 Å². The summed E-state index contributed by atoms with van der Waals surface area (Å²) in [6, 6.07) is 3.74. The highest BCUT2D eigenvalue weighted by Crippen LogP contribution is 2.13. The normalized spacial score (nSPS) is 17.3. The molecule has 0 atom stereocenters. The van der Waals surface area contributed by atoms with Crippen molar-refractivity contribution in [3.8, 4) is 0 Å². The molecule has 5 nitrogen and oxygen atoms in total. The van der Waals surface area contributed by atoms with Crippen LogP contribution in [0, 0.1) is 0 Å². The Balaban J connectivity index is 1.90. The lowest BCUT2D eigenvalue weighted by Gasteiger charge is -2.32. The second-order valence-electron chi connectivity index (χ2n) is 4.68. The Kier molecular flexibility index (Phi) is 2.76. The Morgan fingerprint density at radius 3 is 2.78 bits per heavy atom. The van der Waals surface area contributed by atoms with Crippen molar-refractivity contribution >= 4 is 11.6 Å². The second-order valence-corrected chi connectivity index (χ2v) is 4.68. The summed E-state index contributed by atoms with van der Waals surface area (Å²) in [4.78, 5) is 20.9. The molecular weight excluding hydrogens is 228 g/mol. The Bertz CT molecular complexity index is 569. The minimum Gasteiger partial charge on any atom is -0.336 e.